The Balaban J connectivity index is 1.94. The van der Waals surface area contributed by atoms with E-state index in [0.717, 1.165) is 22.8 Å². The highest BCUT2D eigenvalue weighted by Gasteiger charge is 2.39. The van der Waals surface area contributed by atoms with E-state index in [2.05, 4.69) is 0 Å². The van der Waals surface area contributed by atoms with Crippen LogP contribution in [0.25, 0.3) is 17.0 Å². The summed E-state index contributed by atoms with van der Waals surface area (Å²) in [6.07, 6.45) is 3.59. The fourth-order valence-corrected chi connectivity index (χ4v) is 5.47. The number of methoxy groups -OCH3 is 1. The molecule has 0 saturated heterocycles. The molecule has 4 rings (SSSR count). The van der Waals surface area contributed by atoms with Gasteiger partial charge in [0, 0.05) is 23.4 Å². The maximum Gasteiger partial charge on any atom is 0.236 e. The van der Waals surface area contributed by atoms with Crippen LogP contribution in [0.3, 0.4) is 0 Å². The van der Waals surface area contributed by atoms with Crippen LogP contribution in [-0.2, 0) is 26.1 Å². The Labute approximate surface area is 186 Å². The molecule has 8 heteroatoms. The minimum atomic E-state index is -3.62. The number of aliphatic hydroxyl groups is 1. The second-order valence-corrected chi connectivity index (χ2v) is 9.91. The first kappa shape index (κ1) is 22.0. The SMILES string of the molecule is COC[C@@H](O)[C@H]1OCc2c(c3ccc(Cl)cc3n2S(C)(=O)=O)[C@@H]1/C=C/c1ccccc1. The highest BCUT2D eigenvalue weighted by Crippen LogP contribution is 2.42. The topological polar surface area (TPSA) is 77.8 Å². The van der Waals surface area contributed by atoms with Gasteiger partial charge < -0.3 is 14.6 Å². The fourth-order valence-electron chi connectivity index (χ4n) is 4.24. The summed E-state index contributed by atoms with van der Waals surface area (Å²) in [5, 5.41) is 11.9. The normalized spacial score (nSPS) is 20.3. The van der Waals surface area contributed by atoms with Crippen LogP contribution in [-0.4, -0.2) is 49.7 Å². The molecule has 0 radical (unpaired) electrons. The molecule has 1 aromatic heterocycles. The second-order valence-electron chi connectivity index (χ2n) is 7.64. The first-order valence-corrected chi connectivity index (χ1v) is 12.1. The summed E-state index contributed by atoms with van der Waals surface area (Å²) in [6.45, 7) is 0.155. The number of ether oxygens (including phenoxy) is 2. The van der Waals surface area contributed by atoms with E-state index in [1.54, 1.807) is 12.1 Å². The van der Waals surface area contributed by atoms with Crippen molar-refractivity contribution in [2.75, 3.05) is 20.0 Å². The second kappa shape index (κ2) is 8.76. The van der Waals surface area contributed by atoms with Crippen LogP contribution < -0.4 is 0 Å². The van der Waals surface area contributed by atoms with Crippen LogP contribution in [0.4, 0.5) is 0 Å². The van der Waals surface area contributed by atoms with Gasteiger partial charge in [0.15, 0.2) is 0 Å². The zero-order valence-electron chi connectivity index (χ0n) is 17.2. The van der Waals surface area contributed by atoms with Gasteiger partial charge in [-0.15, -0.1) is 0 Å². The van der Waals surface area contributed by atoms with Gasteiger partial charge in [-0.3, -0.25) is 0 Å². The summed E-state index contributed by atoms with van der Waals surface area (Å²) in [5.74, 6) is -0.388. The lowest BCUT2D eigenvalue weighted by Crippen LogP contribution is -2.40. The average molecular weight is 462 g/mol. The Hall–Kier alpha value is -2.16. The lowest BCUT2D eigenvalue weighted by Gasteiger charge is -2.34. The standard InChI is InChI=1S/C23H24ClNO5S/c1-29-14-21(26)23-18(10-8-15-6-4-3-5-7-15)22-17-11-9-16(24)12-19(17)25(31(2,27)28)20(22)13-30-23/h3-12,18,21,23,26H,13-14H2,1-2H3/b10-8+/t18-,21+,23-/m0/s1. The van der Waals surface area contributed by atoms with E-state index in [-0.39, 0.29) is 19.1 Å². The molecular formula is C23H24ClNO5S. The molecule has 6 nitrogen and oxygen atoms in total. The summed E-state index contributed by atoms with van der Waals surface area (Å²) >= 11 is 6.19. The van der Waals surface area contributed by atoms with Crippen LogP contribution in [0.1, 0.15) is 22.7 Å². The maximum atomic E-state index is 12.7. The van der Waals surface area contributed by atoms with Gasteiger partial charge in [0.25, 0.3) is 0 Å². The van der Waals surface area contributed by atoms with Gasteiger partial charge in [0.05, 0.1) is 36.8 Å². The number of halogens is 1. The van der Waals surface area contributed by atoms with Gasteiger partial charge in [-0.25, -0.2) is 12.4 Å². The van der Waals surface area contributed by atoms with Gasteiger partial charge in [0.2, 0.25) is 10.0 Å². The smallest absolute Gasteiger partial charge is 0.236 e. The van der Waals surface area contributed by atoms with Crippen LogP contribution in [0.2, 0.25) is 5.02 Å². The Morgan fingerprint density at radius 2 is 2.03 bits per heavy atom. The Bertz CT molecular complexity index is 1220. The molecule has 3 atom stereocenters. The van der Waals surface area contributed by atoms with E-state index in [1.165, 1.54) is 11.1 Å². The van der Waals surface area contributed by atoms with E-state index in [1.807, 2.05) is 48.6 Å². The van der Waals surface area contributed by atoms with E-state index < -0.39 is 22.2 Å². The van der Waals surface area contributed by atoms with E-state index in [9.17, 15) is 13.5 Å². The predicted octanol–water partition coefficient (Wildman–Crippen LogP) is 3.81. The molecule has 0 unspecified atom stereocenters. The number of hydrogen-bond acceptors (Lipinski definition) is 5. The highest BCUT2D eigenvalue weighted by molar-refractivity contribution is 7.89. The first-order chi connectivity index (χ1) is 14.8. The van der Waals surface area contributed by atoms with Crippen LogP contribution in [0, 0.1) is 0 Å². The molecule has 3 aromatic rings. The Morgan fingerprint density at radius 1 is 1.29 bits per heavy atom. The van der Waals surface area contributed by atoms with Gasteiger partial charge in [-0.2, -0.15) is 0 Å². The lowest BCUT2D eigenvalue weighted by molar-refractivity contribution is -0.0851. The van der Waals surface area contributed by atoms with Gasteiger partial charge in [-0.1, -0.05) is 60.2 Å². The molecule has 2 heterocycles. The molecule has 0 aliphatic carbocycles. The largest absolute Gasteiger partial charge is 0.388 e. The lowest BCUT2D eigenvalue weighted by atomic mass is 9.85. The van der Waals surface area contributed by atoms with Crippen molar-refractivity contribution in [3.05, 3.63) is 76.5 Å². The number of aromatic nitrogens is 1. The van der Waals surface area contributed by atoms with Crippen LogP contribution in [0.15, 0.2) is 54.6 Å². The number of fused-ring (bicyclic) bond motifs is 3. The molecule has 1 N–H and O–H groups in total. The molecule has 0 saturated carbocycles. The summed E-state index contributed by atoms with van der Waals surface area (Å²) in [6, 6.07) is 15.0. The summed E-state index contributed by atoms with van der Waals surface area (Å²) < 4.78 is 37.8. The minimum absolute atomic E-state index is 0.0514. The molecule has 0 fully saturated rings. The van der Waals surface area contributed by atoms with Crippen molar-refractivity contribution < 1.29 is 23.0 Å². The molecule has 164 valence electrons. The first-order valence-electron chi connectivity index (χ1n) is 9.86. The van der Waals surface area contributed by atoms with Crippen molar-refractivity contribution >= 4 is 38.6 Å². The average Bonchev–Trinajstić information content (AvgIpc) is 3.06. The Morgan fingerprint density at radius 3 is 2.71 bits per heavy atom. The van der Waals surface area contributed by atoms with Crippen LogP contribution >= 0.6 is 11.6 Å². The van der Waals surface area contributed by atoms with Crippen molar-refractivity contribution in [2.45, 2.75) is 24.7 Å². The third-order valence-corrected chi connectivity index (χ3v) is 6.78. The van der Waals surface area contributed by atoms with Crippen molar-refractivity contribution in [3.8, 4) is 0 Å². The molecule has 31 heavy (non-hydrogen) atoms. The van der Waals surface area contributed by atoms with E-state index in [4.69, 9.17) is 21.1 Å². The molecule has 1 aliphatic rings. The van der Waals surface area contributed by atoms with Crippen molar-refractivity contribution in [1.29, 1.82) is 0 Å². The number of hydrogen-bond donors (Lipinski definition) is 1. The zero-order valence-corrected chi connectivity index (χ0v) is 18.8. The monoisotopic (exact) mass is 461 g/mol. The number of rotatable bonds is 6. The summed E-state index contributed by atoms with van der Waals surface area (Å²) in [5.41, 5.74) is 2.85. The quantitative estimate of drug-likeness (QED) is 0.604. The van der Waals surface area contributed by atoms with Crippen LogP contribution in [0.5, 0.6) is 0 Å². The van der Waals surface area contributed by atoms with Crippen molar-refractivity contribution in [3.63, 3.8) is 0 Å². The molecular weight excluding hydrogens is 438 g/mol. The van der Waals surface area contributed by atoms with Gasteiger partial charge >= 0.3 is 0 Å². The van der Waals surface area contributed by atoms with Gasteiger partial charge in [0.1, 0.15) is 6.10 Å². The third-order valence-electron chi connectivity index (χ3n) is 5.47. The van der Waals surface area contributed by atoms with E-state index >= 15 is 0 Å². The third kappa shape index (κ3) is 4.29. The number of nitrogens with zero attached hydrogens (tertiary/aromatic N) is 1. The fraction of sp³-hybridized carbons (Fsp3) is 0.304. The molecule has 0 amide bonds. The zero-order chi connectivity index (χ0) is 22.2. The van der Waals surface area contributed by atoms with E-state index in [0.29, 0.717) is 16.2 Å². The predicted molar refractivity (Wildman–Crippen MR) is 122 cm³/mol. The number of benzene rings is 2. The molecule has 1 aliphatic heterocycles. The molecule has 0 bridgehead atoms. The summed E-state index contributed by atoms with van der Waals surface area (Å²) in [7, 11) is -2.10. The Kier molecular flexibility index (Phi) is 6.23. The molecule has 2 aromatic carbocycles. The van der Waals surface area contributed by atoms with Gasteiger partial charge in [-0.05, 0) is 23.3 Å². The maximum absolute atomic E-state index is 12.7. The van der Waals surface area contributed by atoms with Crippen molar-refractivity contribution in [1.82, 2.24) is 3.97 Å². The highest BCUT2D eigenvalue weighted by atomic mass is 35.5. The minimum Gasteiger partial charge on any atom is -0.388 e. The molecule has 0 spiro atoms. The van der Waals surface area contributed by atoms with Crippen molar-refractivity contribution in [2.24, 2.45) is 0 Å². The number of aliphatic hydroxyl groups excluding tert-OH is 1. The summed E-state index contributed by atoms with van der Waals surface area (Å²) in [4.78, 5) is 0.